The zero-order valence-corrected chi connectivity index (χ0v) is 20.8. The van der Waals surface area contributed by atoms with Crippen molar-refractivity contribution < 1.29 is 19.4 Å². The first kappa shape index (κ1) is 25.8. The van der Waals surface area contributed by atoms with Crippen LogP contribution in [0.3, 0.4) is 0 Å². The van der Waals surface area contributed by atoms with Crippen LogP contribution in [0.2, 0.25) is 10.0 Å². The number of rotatable bonds is 8. The number of benzene rings is 3. The maximum Gasteiger partial charge on any atom is 0.349 e. The third-order valence-electron chi connectivity index (χ3n) is 4.99. The van der Waals surface area contributed by atoms with Crippen LogP contribution in [0.4, 0.5) is 0 Å². The molecule has 3 N–H and O–H groups in total. The van der Waals surface area contributed by atoms with Gasteiger partial charge in [-0.15, -0.1) is 0 Å². The highest BCUT2D eigenvalue weighted by molar-refractivity contribution is 6.37. The van der Waals surface area contributed by atoms with Crippen LogP contribution >= 0.6 is 23.2 Å². The smallest absolute Gasteiger partial charge is 0.349 e. The predicted octanol–water partition coefficient (Wildman–Crippen LogP) is 3.92. The molecule has 0 saturated heterocycles. The van der Waals surface area contributed by atoms with Crippen LogP contribution in [0, 0.1) is 0 Å². The minimum Gasteiger partial charge on any atom is -0.507 e. The summed E-state index contributed by atoms with van der Waals surface area (Å²) in [5.41, 5.74) is -1.26. The molecular formula is C25H20Cl2N4O6. The third-order valence-corrected chi connectivity index (χ3v) is 5.56. The summed E-state index contributed by atoms with van der Waals surface area (Å²) in [6, 6.07) is 15.6. The quantitative estimate of drug-likeness (QED) is 0.307. The van der Waals surface area contributed by atoms with Crippen molar-refractivity contribution in [1.82, 2.24) is 20.1 Å². The number of hydrogen-bond acceptors (Lipinski definition) is 7. The first-order valence-corrected chi connectivity index (χ1v) is 11.6. The number of aromatic hydroxyl groups is 1. The predicted molar refractivity (Wildman–Crippen MR) is 138 cm³/mol. The summed E-state index contributed by atoms with van der Waals surface area (Å²) in [5, 5.41) is 16.8. The second kappa shape index (κ2) is 11.2. The Bertz CT molecular complexity index is 1530. The Morgan fingerprint density at radius 2 is 1.78 bits per heavy atom. The molecular weight excluding hydrogens is 523 g/mol. The molecule has 1 unspecified atom stereocenters. The summed E-state index contributed by atoms with van der Waals surface area (Å²) >= 11 is 12.7. The lowest BCUT2D eigenvalue weighted by molar-refractivity contribution is 0.0923. The van der Waals surface area contributed by atoms with E-state index in [-0.39, 0.29) is 51.2 Å². The highest BCUT2D eigenvalue weighted by atomic mass is 35.5. The maximum atomic E-state index is 12.8. The zero-order valence-electron chi connectivity index (χ0n) is 19.3. The number of carbonyl (C=O) groups excluding carboxylic acids is 1. The van der Waals surface area contributed by atoms with Gasteiger partial charge in [0.2, 0.25) is 0 Å². The Hall–Kier alpha value is -4.28. The van der Waals surface area contributed by atoms with E-state index in [1.54, 1.807) is 19.1 Å². The van der Waals surface area contributed by atoms with E-state index in [9.17, 15) is 19.5 Å². The van der Waals surface area contributed by atoms with Crippen LogP contribution in [0.15, 0.2) is 76.4 Å². The van der Waals surface area contributed by atoms with Crippen LogP contribution in [0.25, 0.3) is 5.69 Å². The number of aromatic amines is 1. The normalized spacial score (nSPS) is 11.5. The highest BCUT2D eigenvalue weighted by Gasteiger charge is 2.18. The van der Waals surface area contributed by atoms with Gasteiger partial charge in [0.05, 0.1) is 27.3 Å². The van der Waals surface area contributed by atoms with Crippen LogP contribution in [0.1, 0.15) is 17.3 Å². The first-order chi connectivity index (χ1) is 17.7. The van der Waals surface area contributed by atoms with Crippen molar-refractivity contribution in [2.75, 3.05) is 6.61 Å². The number of carbonyl (C=O) groups is 1. The van der Waals surface area contributed by atoms with Crippen molar-refractivity contribution in [2.24, 2.45) is 0 Å². The van der Waals surface area contributed by atoms with Gasteiger partial charge in [-0.05, 0) is 49.4 Å². The summed E-state index contributed by atoms with van der Waals surface area (Å²) in [5.74, 6) is 0.0985. The molecule has 1 heterocycles. The average Bonchev–Trinajstić information content (AvgIpc) is 2.86. The lowest BCUT2D eigenvalue weighted by atomic mass is 10.1. The summed E-state index contributed by atoms with van der Waals surface area (Å²) in [4.78, 5) is 38.1. The monoisotopic (exact) mass is 542 g/mol. The molecule has 0 aliphatic rings. The van der Waals surface area contributed by atoms with Gasteiger partial charge in [0.25, 0.3) is 11.5 Å². The molecule has 3 aromatic carbocycles. The van der Waals surface area contributed by atoms with Crippen molar-refractivity contribution in [3.8, 4) is 28.7 Å². The lowest BCUT2D eigenvalue weighted by Crippen LogP contribution is -2.36. The number of halogens is 2. The van der Waals surface area contributed by atoms with Gasteiger partial charge < -0.3 is 19.9 Å². The van der Waals surface area contributed by atoms with E-state index in [0.29, 0.717) is 5.75 Å². The Balaban J connectivity index is 1.50. The number of nitrogens with one attached hydrogen (secondary N) is 2. The fourth-order valence-corrected chi connectivity index (χ4v) is 3.82. The SMILES string of the molecule is CC(COc1ccccc1)NC(=O)c1cc(Oc2c(Cl)cc(-n3ncc(=O)[nH]c3=O)cc2Cl)ccc1O. The molecule has 0 bridgehead atoms. The van der Waals surface area contributed by atoms with Gasteiger partial charge in [0, 0.05) is 0 Å². The van der Waals surface area contributed by atoms with Crippen molar-refractivity contribution >= 4 is 29.1 Å². The number of ether oxygens (including phenoxy) is 2. The molecule has 4 rings (SSSR count). The van der Waals surface area contributed by atoms with Gasteiger partial charge in [-0.1, -0.05) is 41.4 Å². The summed E-state index contributed by atoms with van der Waals surface area (Å²) in [6.45, 7) is 1.99. The maximum absolute atomic E-state index is 12.8. The molecule has 0 aliphatic carbocycles. The molecule has 0 fully saturated rings. The molecule has 190 valence electrons. The average molecular weight is 543 g/mol. The second-order valence-electron chi connectivity index (χ2n) is 7.87. The summed E-state index contributed by atoms with van der Waals surface area (Å²) < 4.78 is 12.3. The third kappa shape index (κ3) is 6.29. The molecule has 12 heteroatoms. The number of nitrogens with zero attached hydrogens (tertiary/aromatic N) is 2. The van der Waals surface area contributed by atoms with Gasteiger partial charge in [-0.3, -0.25) is 14.6 Å². The molecule has 4 aromatic rings. The fraction of sp³-hybridized carbons (Fsp3) is 0.120. The van der Waals surface area contributed by atoms with Crippen LogP contribution in [0.5, 0.6) is 23.0 Å². The lowest BCUT2D eigenvalue weighted by Gasteiger charge is -2.16. The molecule has 1 aromatic heterocycles. The fourth-order valence-electron chi connectivity index (χ4n) is 3.26. The van der Waals surface area contributed by atoms with E-state index >= 15 is 0 Å². The molecule has 0 saturated carbocycles. The Morgan fingerprint density at radius 3 is 2.46 bits per heavy atom. The van der Waals surface area contributed by atoms with Crippen LogP contribution in [-0.2, 0) is 0 Å². The van der Waals surface area contributed by atoms with E-state index in [1.807, 2.05) is 18.2 Å². The van der Waals surface area contributed by atoms with Crippen LogP contribution in [-0.4, -0.2) is 38.4 Å². The number of aromatic nitrogens is 3. The molecule has 1 amide bonds. The van der Waals surface area contributed by atoms with E-state index in [1.165, 1.54) is 30.3 Å². The number of para-hydroxylation sites is 1. The molecule has 0 radical (unpaired) electrons. The summed E-state index contributed by atoms with van der Waals surface area (Å²) in [6.07, 6.45) is 0.936. The second-order valence-corrected chi connectivity index (χ2v) is 8.68. The summed E-state index contributed by atoms with van der Waals surface area (Å²) in [7, 11) is 0. The van der Waals surface area contributed by atoms with Crippen LogP contribution < -0.4 is 26.0 Å². The van der Waals surface area contributed by atoms with Gasteiger partial charge in [0.1, 0.15) is 30.1 Å². The first-order valence-electron chi connectivity index (χ1n) is 10.9. The minimum absolute atomic E-state index is 0.0306. The Morgan fingerprint density at radius 1 is 1.08 bits per heavy atom. The number of hydrogen-bond donors (Lipinski definition) is 3. The topological polar surface area (TPSA) is 136 Å². The molecule has 1 atom stereocenters. The van der Waals surface area contributed by atoms with Gasteiger partial charge >= 0.3 is 5.69 Å². The van der Waals surface area contributed by atoms with Gasteiger partial charge in [-0.2, -0.15) is 9.78 Å². The van der Waals surface area contributed by atoms with Crippen molar-refractivity contribution in [1.29, 1.82) is 0 Å². The highest BCUT2D eigenvalue weighted by Crippen LogP contribution is 2.38. The van der Waals surface area contributed by atoms with E-state index in [2.05, 4.69) is 15.4 Å². The Labute approximate surface area is 220 Å². The van der Waals surface area contributed by atoms with E-state index in [0.717, 1.165) is 10.9 Å². The van der Waals surface area contributed by atoms with Crippen molar-refractivity contribution in [2.45, 2.75) is 13.0 Å². The largest absolute Gasteiger partial charge is 0.507 e. The molecule has 37 heavy (non-hydrogen) atoms. The minimum atomic E-state index is -0.772. The number of phenols is 1. The van der Waals surface area contributed by atoms with E-state index in [4.69, 9.17) is 32.7 Å². The van der Waals surface area contributed by atoms with Gasteiger partial charge in [0.15, 0.2) is 5.75 Å². The van der Waals surface area contributed by atoms with Gasteiger partial charge in [-0.25, -0.2) is 4.79 Å². The number of phenolic OH excluding ortho intramolecular Hbond substituents is 1. The van der Waals surface area contributed by atoms with Crippen molar-refractivity contribution in [3.05, 3.63) is 103 Å². The number of H-pyrrole nitrogens is 1. The number of amides is 1. The standard InChI is InChI=1S/C25H20Cl2N4O6/c1-14(13-36-16-5-3-2-4-6-16)29-24(34)18-11-17(7-8-21(18)32)37-23-19(26)9-15(10-20(23)27)31-25(35)30-22(33)12-28-31/h2-12,14,32H,13H2,1H3,(H,29,34)(H,30,33,35). The van der Waals surface area contributed by atoms with Crippen molar-refractivity contribution in [3.63, 3.8) is 0 Å². The molecule has 0 spiro atoms. The molecule has 10 nitrogen and oxygen atoms in total. The Kier molecular flexibility index (Phi) is 7.80. The van der Waals surface area contributed by atoms with E-state index < -0.39 is 17.2 Å². The zero-order chi connectivity index (χ0) is 26.5. The molecule has 0 aliphatic heterocycles.